The summed E-state index contributed by atoms with van der Waals surface area (Å²) < 4.78 is 10.9. The van der Waals surface area contributed by atoms with Crippen LogP contribution in [0.15, 0.2) is 27.5 Å². The van der Waals surface area contributed by atoms with Crippen LogP contribution < -0.4 is 15.0 Å². The van der Waals surface area contributed by atoms with Crippen LogP contribution >= 0.6 is 15.9 Å². The molecule has 1 aromatic carbocycles. The summed E-state index contributed by atoms with van der Waals surface area (Å²) in [4.78, 5) is 18.8. The number of ether oxygens (including phenoxy) is 2. The van der Waals surface area contributed by atoms with Gasteiger partial charge in [0.25, 0.3) is 5.56 Å². The number of aromatic amines is 1. The molecule has 0 bridgehead atoms. The molecule has 6 heteroatoms. The summed E-state index contributed by atoms with van der Waals surface area (Å²) >= 11 is 3.20. The van der Waals surface area contributed by atoms with Crippen molar-refractivity contribution in [2.75, 3.05) is 14.2 Å². The predicted molar refractivity (Wildman–Crippen MR) is 79.6 cm³/mol. The highest BCUT2D eigenvalue weighted by Crippen LogP contribution is 2.28. The van der Waals surface area contributed by atoms with E-state index in [9.17, 15) is 4.79 Å². The zero-order valence-electron chi connectivity index (χ0n) is 11.5. The van der Waals surface area contributed by atoms with Gasteiger partial charge in [0.2, 0.25) is 0 Å². The number of aromatic nitrogens is 2. The Labute approximate surface area is 125 Å². The van der Waals surface area contributed by atoms with E-state index < -0.39 is 0 Å². The maximum absolute atomic E-state index is 11.7. The van der Waals surface area contributed by atoms with Crippen molar-refractivity contribution in [3.8, 4) is 11.5 Å². The molecule has 0 saturated heterocycles. The highest BCUT2D eigenvalue weighted by Gasteiger charge is 2.08. The second-order valence-corrected chi connectivity index (χ2v) is 5.07. The molecule has 1 heterocycles. The van der Waals surface area contributed by atoms with Gasteiger partial charge in [0.1, 0.15) is 10.3 Å². The van der Waals surface area contributed by atoms with Gasteiger partial charge in [-0.25, -0.2) is 4.98 Å². The lowest BCUT2D eigenvalue weighted by Gasteiger charge is -2.09. The molecule has 5 nitrogen and oxygen atoms in total. The number of aryl methyl sites for hydroxylation is 1. The van der Waals surface area contributed by atoms with Crippen molar-refractivity contribution in [1.29, 1.82) is 0 Å². The molecule has 0 aliphatic carbocycles. The molecular formula is C14H15BrN2O3. The Bertz CT molecular complexity index is 683. The molecule has 2 rings (SSSR count). The summed E-state index contributed by atoms with van der Waals surface area (Å²) in [5.41, 5.74) is 1.48. The van der Waals surface area contributed by atoms with Crippen LogP contribution in [0.1, 0.15) is 17.1 Å². The Hall–Kier alpha value is -1.82. The maximum Gasteiger partial charge on any atom is 0.265 e. The third kappa shape index (κ3) is 3.01. The van der Waals surface area contributed by atoms with Crippen LogP contribution in [0.25, 0.3) is 0 Å². The van der Waals surface area contributed by atoms with Crippen molar-refractivity contribution in [3.05, 3.63) is 50.1 Å². The number of nitrogens with zero attached hydrogens (tertiary/aromatic N) is 1. The topological polar surface area (TPSA) is 64.2 Å². The van der Waals surface area contributed by atoms with Crippen LogP contribution in [-0.4, -0.2) is 24.2 Å². The lowest BCUT2D eigenvalue weighted by molar-refractivity contribution is 0.354. The van der Waals surface area contributed by atoms with Crippen LogP contribution in [0.5, 0.6) is 11.5 Å². The number of hydrogen-bond acceptors (Lipinski definition) is 4. The van der Waals surface area contributed by atoms with E-state index in [1.807, 2.05) is 18.2 Å². The highest BCUT2D eigenvalue weighted by molar-refractivity contribution is 9.10. The average Bonchev–Trinajstić information content (AvgIpc) is 2.44. The number of benzene rings is 1. The summed E-state index contributed by atoms with van der Waals surface area (Å²) in [6, 6.07) is 5.62. The first-order valence-corrected chi connectivity index (χ1v) is 6.80. The molecule has 0 aliphatic rings. The van der Waals surface area contributed by atoms with Gasteiger partial charge in [-0.2, -0.15) is 0 Å². The summed E-state index contributed by atoms with van der Waals surface area (Å²) in [6.07, 6.45) is 0.518. The predicted octanol–water partition coefficient (Wildman–Crippen LogP) is 2.45. The zero-order valence-corrected chi connectivity index (χ0v) is 13.1. The lowest BCUT2D eigenvalue weighted by Crippen LogP contribution is -2.14. The minimum absolute atomic E-state index is 0.173. The standard InChI is InChI=1S/C14H15BrN2O3/c1-8-13(15)14(18)17-12(16-8)7-9-4-5-10(19-2)11(6-9)20-3/h4-6H,7H2,1-3H3,(H,16,17,18). The number of H-pyrrole nitrogens is 1. The number of nitrogens with one attached hydrogen (secondary N) is 1. The first-order chi connectivity index (χ1) is 9.55. The molecule has 0 aliphatic heterocycles. The normalized spacial score (nSPS) is 10.4. The quantitative estimate of drug-likeness (QED) is 0.929. The first-order valence-electron chi connectivity index (χ1n) is 6.01. The molecule has 2 aromatic rings. The Morgan fingerprint density at radius 1 is 1.25 bits per heavy atom. The molecule has 0 atom stereocenters. The van der Waals surface area contributed by atoms with Gasteiger partial charge >= 0.3 is 0 Å². The minimum Gasteiger partial charge on any atom is -0.493 e. The van der Waals surface area contributed by atoms with Crippen LogP contribution in [0, 0.1) is 6.92 Å². The summed E-state index contributed by atoms with van der Waals surface area (Å²) in [6.45, 7) is 1.79. The fourth-order valence-corrected chi connectivity index (χ4v) is 2.09. The second-order valence-electron chi connectivity index (χ2n) is 4.28. The Morgan fingerprint density at radius 2 is 1.95 bits per heavy atom. The molecule has 0 unspecified atom stereocenters. The number of methoxy groups -OCH3 is 2. The molecule has 1 aromatic heterocycles. The number of rotatable bonds is 4. The van der Waals surface area contributed by atoms with Gasteiger partial charge in [-0.15, -0.1) is 0 Å². The summed E-state index contributed by atoms with van der Waals surface area (Å²) in [5, 5.41) is 0. The Morgan fingerprint density at radius 3 is 2.55 bits per heavy atom. The molecule has 106 valence electrons. The summed E-state index contributed by atoms with van der Waals surface area (Å²) in [5.74, 6) is 1.94. The molecule has 0 saturated carbocycles. The molecule has 0 fully saturated rings. The molecule has 0 radical (unpaired) electrons. The molecule has 0 amide bonds. The summed E-state index contributed by atoms with van der Waals surface area (Å²) in [7, 11) is 3.18. The van der Waals surface area contributed by atoms with E-state index in [-0.39, 0.29) is 5.56 Å². The van der Waals surface area contributed by atoms with E-state index in [1.54, 1.807) is 21.1 Å². The SMILES string of the molecule is COc1ccc(Cc2nc(C)c(Br)c(=O)[nH]2)cc1OC. The van der Waals surface area contributed by atoms with Crippen LogP contribution in [0.2, 0.25) is 0 Å². The van der Waals surface area contributed by atoms with Crippen LogP contribution in [0.4, 0.5) is 0 Å². The van der Waals surface area contributed by atoms with E-state index in [4.69, 9.17) is 9.47 Å². The highest BCUT2D eigenvalue weighted by atomic mass is 79.9. The van der Waals surface area contributed by atoms with Gasteiger partial charge in [-0.3, -0.25) is 4.79 Å². The third-order valence-electron chi connectivity index (χ3n) is 2.90. The molecule has 0 spiro atoms. The van der Waals surface area contributed by atoms with Crippen LogP contribution in [0.3, 0.4) is 0 Å². The molecule has 20 heavy (non-hydrogen) atoms. The zero-order chi connectivity index (χ0) is 14.7. The average molecular weight is 339 g/mol. The fourth-order valence-electron chi connectivity index (χ4n) is 1.90. The van der Waals surface area contributed by atoms with Crippen molar-refractivity contribution in [1.82, 2.24) is 9.97 Å². The van der Waals surface area contributed by atoms with Crippen molar-refractivity contribution in [3.63, 3.8) is 0 Å². The smallest absolute Gasteiger partial charge is 0.265 e. The Kier molecular flexibility index (Phi) is 4.44. The monoisotopic (exact) mass is 338 g/mol. The minimum atomic E-state index is -0.173. The second kappa shape index (κ2) is 6.09. The van der Waals surface area contributed by atoms with Crippen molar-refractivity contribution in [2.24, 2.45) is 0 Å². The van der Waals surface area contributed by atoms with Gasteiger partial charge in [0, 0.05) is 6.42 Å². The van der Waals surface area contributed by atoms with Crippen molar-refractivity contribution >= 4 is 15.9 Å². The largest absolute Gasteiger partial charge is 0.493 e. The third-order valence-corrected chi connectivity index (χ3v) is 3.83. The van der Waals surface area contributed by atoms with Crippen molar-refractivity contribution in [2.45, 2.75) is 13.3 Å². The fraction of sp³-hybridized carbons (Fsp3) is 0.286. The van der Waals surface area contributed by atoms with Gasteiger partial charge in [0.05, 0.1) is 19.9 Å². The van der Waals surface area contributed by atoms with Gasteiger partial charge in [-0.1, -0.05) is 6.07 Å². The lowest BCUT2D eigenvalue weighted by atomic mass is 10.1. The molecule has 1 N–H and O–H groups in total. The number of halogens is 1. The maximum atomic E-state index is 11.7. The van der Waals surface area contributed by atoms with Gasteiger partial charge in [0.15, 0.2) is 11.5 Å². The van der Waals surface area contributed by atoms with E-state index in [0.29, 0.717) is 33.9 Å². The Balaban J connectivity index is 2.33. The molecular weight excluding hydrogens is 324 g/mol. The first kappa shape index (κ1) is 14.6. The van der Waals surface area contributed by atoms with Crippen LogP contribution in [-0.2, 0) is 6.42 Å². The van der Waals surface area contributed by atoms with Gasteiger partial charge in [-0.05, 0) is 40.5 Å². The van der Waals surface area contributed by atoms with E-state index in [2.05, 4.69) is 25.9 Å². The van der Waals surface area contributed by atoms with Crippen molar-refractivity contribution < 1.29 is 9.47 Å². The van der Waals surface area contributed by atoms with Gasteiger partial charge < -0.3 is 14.5 Å². The van der Waals surface area contributed by atoms with E-state index >= 15 is 0 Å². The number of hydrogen-bond donors (Lipinski definition) is 1. The van der Waals surface area contributed by atoms with E-state index in [1.165, 1.54) is 0 Å². The van der Waals surface area contributed by atoms with E-state index in [0.717, 1.165) is 5.56 Å².